The van der Waals surface area contributed by atoms with E-state index in [4.69, 9.17) is 10.5 Å². The SMILES string of the molecule is NCC1(C2(O)CCCC(C(F)(F)F)C2)CCCOC1. The maximum Gasteiger partial charge on any atom is 0.391 e. The molecule has 19 heavy (non-hydrogen) atoms. The van der Waals surface area contributed by atoms with Gasteiger partial charge in [-0.05, 0) is 38.5 Å². The Morgan fingerprint density at radius 2 is 2.00 bits per heavy atom. The molecule has 0 spiro atoms. The average Bonchev–Trinajstić information content (AvgIpc) is 2.38. The van der Waals surface area contributed by atoms with E-state index in [0.29, 0.717) is 25.9 Å². The minimum absolute atomic E-state index is 0.104. The Hall–Kier alpha value is -0.330. The standard InChI is InChI=1S/C13H22F3NO2/c14-13(15,16)10-3-1-5-12(18,7-10)11(8-17)4-2-6-19-9-11/h10,18H,1-9,17H2. The Bertz CT molecular complexity index is 316. The van der Waals surface area contributed by atoms with Gasteiger partial charge in [0.15, 0.2) is 0 Å². The van der Waals surface area contributed by atoms with Crippen molar-refractivity contribution in [1.82, 2.24) is 0 Å². The Morgan fingerprint density at radius 3 is 2.53 bits per heavy atom. The lowest BCUT2D eigenvalue weighted by atomic mass is 9.60. The van der Waals surface area contributed by atoms with Crippen LogP contribution in [-0.4, -0.2) is 36.6 Å². The predicted molar refractivity (Wildman–Crippen MR) is 64.5 cm³/mol. The van der Waals surface area contributed by atoms with Gasteiger partial charge in [-0.15, -0.1) is 0 Å². The quantitative estimate of drug-likeness (QED) is 0.816. The first kappa shape index (κ1) is 15.1. The highest BCUT2D eigenvalue weighted by atomic mass is 19.4. The Morgan fingerprint density at radius 1 is 1.26 bits per heavy atom. The molecule has 3 nitrogen and oxygen atoms in total. The van der Waals surface area contributed by atoms with Crippen molar-refractivity contribution >= 4 is 0 Å². The normalized spacial score (nSPS) is 41.2. The second-order valence-corrected chi connectivity index (χ2v) is 6.01. The zero-order valence-corrected chi connectivity index (χ0v) is 11.0. The monoisotopic (exact) mass is 281 g/mol. The number of hydrogen-bond donors (Lipinski definition) is 2. The van der Waals surface area contributed by atoms with Crippen LogP contribution < -0.4 is 5.73 Å². The van der Waals surface area contributed by atoms with E-state index in [1.165, 1.54) is 0 Å². The first-order valence-electron chi connectivity index (χ1n) is 6.90. The van der Waals surface area contributed by atoms with Gasteiger partial charge in [0, 0.05) is 18.6 Å². The summed E-state index contributed by atoms with van der Waals surface area (Å²) >= 11 is 0. The second-order valence-electron chi connectivity index (χ2n) is 6.01. The van der Waals surface area contributed by atoms with Crippen LogP contribution in [0.25, 0.3) is 0 Å². The maximum atomic E-state index is 12.9. The summed E-state index contributed by atoms with van der Waals surface area (Å²) < 4.78 is 44.1. The van der Waals surface area contributed by atoms with E-state index in [9.17, 15) is 18.3 Å². The molecule has 1 heterocycles. The average molecular weight is 281 g/mol. The molecule has 0 aromatic heterocycles. The van der Waals surface area contributed by atoms with Crippen LogP contribution in [0.15, 0.2) is 0 Å². The number of halogens is 3. The molecule has 0 aromatic carbocycles. The largest absolute Gasteiger partial charge is 0.391 e. The van der Waals surface area contributed by atoms with E-state index >= 15 is 0 Å². The van der Waals surface area contributed by atoms with Gasteiger partial charge in [0.05, 0.1) is 18.1 Å². The van der Waals surface area contributed by atoms with Gasteiger partial charge in [0.1, 0.15) is 0 Å². The van der Waals surface area contributed by atoms with Crippen molar-refractivity contribution in [1.29, 1.82) is 0 Å². The van der Waals surface area contributed by atoms with E-state index < -0.39 is 23.1 Å². The number of nitrogens with two attached hydrogens (primary N) is 1. The third kappa shape index (κ3) is 2.76. The molecule has 0 bridgehead atoms. The molecule has 3 unspecified atom stereocenters. The lowest BCUT2D eigenvalue weighted by Gasteiger charge is -2.52. The number of hydrogen-bond acceptors (Lipinski definition) is 3. The smallest absolute Gasteiger partial charge is 0.389 e. The minimum Gasteiger partial charge on any atom is -0.389 e. The molecule has 3 N–H and O–H groups in total. The molecule has 1 aliphatic carbocycles. The van der Waals surface area contributed by atoms with E-state index in [-0.39, 0.29) is 26.0 Å². The summed E-state index contributed by atoms with van der Waals surface area (Å²) in [6, 6.07) is 0. The third-order valence-corrected chi connectivity index (χ3v) is 4.89. The van der Waals surface area contributed by atoms with Gasteiger partial charge in [0.25, 0.3) is 0 Å². The predicted octanol–water partition coefficient (Wildman–Crippen LogP) is 2.23. The Kier molecular flexibility index (Phi) is 4.14. The topological polar surface area (TPSA) is 55.5 Å². The van der Waals surface area contributed by atoms with Crippen LogP contribution in [0.5, 0.6) is 0 Å². The maximum absolute atomic E-state index is 12.9. The molecule has 0 radical (unpaired) electrons. The van der Waals surface area contributed by atoms with Gasteiger partial charge in [-0.1, -0.05) is 0 Å². The molecule has 1 saturated carbocycles. The van der Waals surface area contributed by atoms with Gasteiger partial charge >= 0.3 is 6.18 Å². The number of ether oxygens (including phenoxy) is 1. The summed E-state index contributed by atoms with van der Waals surface area (Å²) in [5, 5.41) is 10.8. The van der Waals surface area contributed by atoms with E-state index in [0.717, 1.165) is 6.42 Å². The summed E-state index contributed by atoms with van der Waals surface area (Å²) in [7, 11) is 0. The second kappa shape index (κ2) is 5.22. The highest BCUT2D eigenvalue weighted by Gasteiger charge is 2.56. The van der Waals surface area contributed by atoms with Crippen molar-refractivity contribution in [3.63, 3.8) is 0 Å². The molecular weight excluding hydrogens is 259 g/mol. The number of alkyl halides is 3. The van der Waals surface area contributed by atoms with Crippen LogP contribution in [0.2, 0.25) is 0 Å². The van der Waals surface area contributed by atoms with E-state index in [2.05, 4.69) is 0 Å². The van der Waals surface area contributed by atoms with E-state index in [1.54, 1.807) is 0 Å². The minimum atomic E-state index is -4.24. The first-order valence-corrected chi connectivity index (χ1v) is 6.90. The van der Waals surface area contributed by atoms with Crippen LogP contribution in [-0.2, 0) is 4.74 Å². The molecule has 0 aromatic rings. The van der Waals surface area contributed by atoms with Crippen LogP contribution in [0, 0.1) is 11.3 Å². The molecular formula is C13H22F3NO2. The summed E-state index contributed by atoms with van der Waals surface area (Å²) in [6.45, 7) is 1.04. The fourth-order valence-electron chi connectivity index (χ4n) is 3.58. The third-order valence-electron chi connectivity index (χ3n) is 4.89. The van der Waals surface area contributed by atoms with Crippen LogP contribution in [0.4, 0.5) is 13.2 Å². The van der Waals surface area contributed by atoms with Gasteiger partial charge in [-0.25, -0.2) is 0 Å². The lowest BCUT2D eigenvalue weighted by molar-refractivity contribution is -0.227. The lowest BCUT2D eigenvalue weighted by Crippen LogP contribution is -2.59. The Labute approximate surface area is 111 Å². The van der Waals surface area contributed by atoms with Crippen molar-refractivity contribution in [3.05, 3.63) is 0 Å². The fraction of sp³-hybridized carbons (Fsp3) is 1.00. The molecule has 2 rings (SSSR count). The molecule has 2 aliphatic rings. The molecule has 1 aliphatic heterocycles. The summed E-state index contributed by atoms with van der Waals surface area (Å²) in [6.07, 6.45) is -2.20. The summed E-state index contributed by atoms with van der Waals surface area (Å²) in [4.78, 5) is 0. The number of rotatable bonds is 2. The van der Waals surface area contributed by atoms with Crippen LogP contribution in [0.1, 0.15) is 38.5 Å². The van der Waals surface area contributed by atoms with Crippen molar-refractivity contribution < 1.29 is 23.0 Å². The fourth-order valence-corrected chi connectivity index (χ4v) is 3.58. The zero-order chi connectivity index (χ0) is 14.1. The van der Waals surface area contributed by atoms with Crippen molar-refractivity contribution in [2.45, 2.75) is 50.3 Å². The van der Waals surface area contributed by atoms with Crippen molar-refractivity contribution in [3.8, 4) is 0 Å². The Balaban J connectivity index is 2.20. The molecule has 6 heteroatoms. The summed E-state index contributed by atoms with van der Waals surface area (Å²) in [5.74, 6) is -1.42. The van der Waals surface area contributed by atoms with Crippen LogP contribution in [0.3, 0.4) is 0 Å². The van der Waals surface area contributed by atoms with Gasteiger partial charge < -0.3 is 15.6 Å². The summed E-state index contributed by atoms with van der Waals surface area (Å²) in [5.41, 5.74) is 3.73. The highest BCUT2D eigenvalue weighted by molar-refractivity contribution is 5.04. The van der Waals surface area contributed by atoms with Gasteiger partial charge in [-0.2, -0.15) is 13.2 Å². The van der Waals surface area contributed by atoms with Gasteiger partial charge in [-0.3, -0.25) is 0 Å². The van der Waals surface area contributed by atoms with Crippen LogP contribution >= 0.6 is 0 Å². The van der Waals surface area contributed by atoms with Crippen molar-refractivity contribution in [2.75, 3.05) is 19.8 Å². The van der Waals surface area contributed by atoms with Gasteiger partial charge in [0.2, 0.25) is 0 Å². The van der Waals surface area contributed by atoms with Crippen molar-refractivity contribution in [2.24, 2.45) is 17.1 Å². The highest BCUT2D eigenvalue weighted by Crippen LogP contribution is 2.51. The first-order chi connectivity index (χ1) is 8.83. The molecule has 3 atom stereocenters. The number of aliphatic hydroxyl groups is 1. The zero-order valence-electron chi connectivity index (χ0n) is 11.0. The molecule has 2 fully saturated rings. The molecule has 112 valence electrons. The van der Waals surface area contributed by atoms with E-state index in [1.807, 2.05) is 0 Å². The molecule has 0 amide bonds. The molecule has 1 saturated heterocycles.